The molecule has 19 heavy (non-hydrogen) atoms. The van der Waals surface area contributed by atoms with Crippen LogP contribution in [0.15, 0.2) is 24.3 Å². The zero-order valence-corrected chi connectivity index (χ0v) is 11.2. The molecule has 100 valence electrons. The third-order valence-electron chi connectivity index (χ3n) is 4.30. The van der Waals surface area contributed by atoms with Crippen molar-refractivity contribution in [2.24, 2.45) is 5.41 Å². The Hall–Kier alpha value is -1.82. The van der Waals surface area contributed by atoms with Gasteiger partial charge in [-0.15, -0.1) is 0 Å². The van der Waals surface area contributed by atoms with Gasteiger partial charge in [0, 0.05) is 0 Å². The predicted molar refractivity (Wildman–Crippen MR) is 72.7 cm³/mol. The van der Waals surface area contributed by atoms with Gasteiger partial charge in [0.15, 0.2) is 0 Å². The van der Waals surface area contributed by atoms with Crippen LogP contribution < -0.4 is 0 Å². The molecule has 0 aliphatic heterocycles. The number of hydrogen-bond donors (Lipinski definition) is 1. The van der Waals surface area contributed by atoms with Gasteiger partial charge in [-0.25, -0.2) is 0 Å². The number of nitrogens with zero attached hydrogens (tertiary/aromatic N) is 1. The molecule has 0 unspecified atom stereocenters. The molecule has 0 amide bonds. The topological polar surface area (TPSA) is 61.1 Å². The monoisotopic (exact) mass is 257 g/mol. The first-order valence-corrected chi connectivity index (χ1v) is 6.85. The van der Waals surface area contributed by atoms with E-state index in [1.54, 1.807) is 0 Å². The Morgan fingerprint density at radius 3 is 2.68 bits per heavy atom. The molecule has 3 heteroatoms. The van der Waals surface area contributed by atoms with E-state index in [2.05, 4.69) is 6.07 Å². The fourth-order valence-electron chi connectivity index (χ4n) is 3.25. The summed E-state index contributed by atoms with van der Waals surface area (Å²) in [5.74, 6) is -0.333. The number of hydrogen-bond acceptors (Lipinski definition) is 2. The summed E-state index contributed by atoms with van der Waals surface area (Å²) < 4.78 is 0. The fourth-order valence-corrected chi connectivity index (χ4v) is 3.25. The van der Waals surface area contributed by atoms with Crippen LogP contribution in [0.1, 0.15) is 56.1 Å². The maximum absolute atomic E-state index is 11.5. The molecule has 0 heterocycles. The predicted octanol–water partition coefficient (Wildman–Crippen LogP) is 3.70. The summed E-state index contributed by atoms with van der Waals surface area (Å²) in [5, 5.41) is 18.3. The van der Waals surface area contributed by atoms with Gasteiger partial charge < -0.3 is 5.11 Å². The summed E-state index contributed by atoms with van der Waals surface area (Å²) in [4.78, 5) is 11.5. The van der Waals surface area contributed by atoms with Crippen molar-refractivity contribution in [2.45, 2.75) is 44.9 Å². The lowest BCUT2D eigenvalue weighted by atomic mass is 9.80. The number of carboxylic acids is 1. The van der Waals surface area contributed by atoms with E-state index >= 15 is 0 Å². The fraction of sp³-hybridized carbons (Fsp3) is 0.500. The third kappa shape index (κ3) is 2.63. The van der Waals surface area contributed by atoms with Crippen molar-refractivity contribution in [2.75, 3.05) is 0 Å². The summed E-state index contributed by atoms with van der Waals surface area (Å²) >= 11 is 0. The van der Waals surface area contributed by atoms with Crippen molar-refractivity contribution in [1.82, 2.24) is 0 Å². The Kier molecular flexibility index (Phi) is 3.90. The zero-order valence-electron chi connectivity index (χ0n) is 11.2. The van der Waals surface area contributed by atoms with E-state index < -0.39 is 11.4 Å². The Balaban J connectivity index is 2.16. The maximum atomic E-state index is 11.5. The van der Waals surface area contributed by atoms with Crippen LogP contribution in [0.25, 0.3) is 0 Å². The number of rotatable bonds is 4. The molecule has 1 aromatic carbocycles. The minimum atomic E-state index is -0.648. The second kappa shape index (κ2) is 5.44. The average molecular weight is 257 g/mol. The standard InChI is InChI=1S/C16H19NO2/c1-2-8-16(15(18)19)9-7-14(10-16)13-5-3-12(11-17)4-6-13/h3-6,14H,2,7-10H2,1H3,(H,18,19)/t14-,16+/m0/s1. The van der Waals surface area contributed by atoms with Crippen molar-refractivity contribution in [3.05, 3.63) is 35.4 Å². The second-order valence-corrected chi connectivity index (χ2v) is 5.51. The van der Waals surface area contributed by atoms with Crippen molar-refractivity contribution in [3.63, 3.8) is 0 Å². The number of carboxylic acid groups (broad SMARTS) is 1. The Labute approximate surface area is 113 Å². The number of nitriles is 1. The van der Waals surface area contributed by atoms with Gasteiger partial charge in [0.1, 0.15) is 0 Å². The van der Waals surface area contributed by atoms with Gasteiger partial charge in [-0.1, -0.05) is 25.5 Å². The van der Waals surface area contributed by atoms with Gasteiger partial charge in [-0.05, 0) is 49.3 Å². The highest BCUT2D eigenvalue weighted by atomic mass is 16.4. The molecule has 0 radical (unpaired) electrons. The van der Waals surface area contributed by atoms with Gasteiger partial charge >= 0.3 is 5.97 Å². The van der Waals surface area contributed by atoms with Crippen LogP contribution in [0.2, 0.25) is 0 Å². The van der Waals surface area contributed by atoms with Crippen molar-refractivity contribution < 1.29 is 9.90 Å². The van der Waals surface area contributed by atoms with Gasteiger partial charge in [0.2, 0.25) is 0 Å². The van der Waals surface area contributed by atoms with E-state index in [0.29, 0.717) is 11.5 Å². The molecule has 1 aliphatic rings. The zero-order chi connectivity index (χ0) is 13.9. The average Bonchev–Trinajstić information content (AvgIpc) is 2.85. The SMILES string of the molecule is CCC[C@@]1(C(=O)O)CC[C@H](c2ccc(C#N)cc2)C1. The molecule has 0 spiro atoms. The largest absolute Gasteiger partial charge is 0.481 e. The smallest absolute Gasteiger partial charge is 0.309 e. The summed E-state index contributed by atoms with van der Waals surface area (Å²) in [6.45, 7) is 2.04. The second-order valence-electron chi connectivity index (χ2n) is 5.51. The molecule has 3 nitrogen and oxygen atoms in total. The molecular formula is C16H19NO2. The van der Waals surface area contributed by atoms with Crippen LogP contribution in [0.5, 0.6) is 0 Å². The lowest BCUT2D eigenvalue weighted by Crippen LogP contribution is -2.27. The van der Waals surface area contributed by atoms with E-state index in [1.807, 2.05) is 31.2 Å². The van der Waals surface area contributed by atoms with Crippen LogP contribution >= 0.6 is 0 Å². The molecule has 1 N–H and O–H groups in total. The van der Waals surface area contributed by atoms with Crippen molar-refractivity contribution in [1.29, 1.82) is 5.26 Å². The number of aliphatic carboxylic acids is 1. The van der Waals surface area contributed by atoms with Gasteiger partial charge in [0.25, 0.3) is 0 Å². The van der Waals surface area contributed by atoms with Crippen LogP contribution in [0.3, 0.4) is 0 Å². The Morgan fingerprint density at radius 2 is 2.16 bits per heavy atom. The highest BCUT2D eigenvalue weighted by Crippen LogP contribution is 2.49. The van der Waals surface area contributed by atoms with E-state index in [-0.39, 0.29) is 0 Å². The Morgan fingerprint density at radius 1 is 1.47 bits per heavy atom. The van der Waals surface area contributed by atoms with E-state index in [9.17, 15) is 9.90 Å². The molecular weight excluding hydrogens is 238 g/mol. The summed E-state index contributed by atoms with van der Waals surface area (Å²) in [7, 11) is 0. The Bertz CT molecular complexity index is 500. The van der Waals surface area contributed by atoms with Crippen LogP contribution in [0.4, 0.5) is 0 Å². The molecule has 0 saturated heterocycles. The van der Waals surface area contributed by atoms with Crippen LogP contribution in [0, 0.1) is 16.7 Å². The maximum Gasteiger partial charge on any atom is 0.309 e. The van der Waals surface area contributed by atoms with Gasteiger partial charge in [-0.3, -0.25) is 4.79 Å². The third-order valence-corrected chi connectivity index (χ3v) is 4.30. The highest BCUT2D eigenvalue weighted by molar-refractivity contribution is 5.75. The minimum absolute atomic E-state index is 0.315. The number of carbonyl (C=O) groups is 1. The van der Waals surface area contributed by atoms with E-state index in [1.165, 1.54) is 5.56 Å². The lowest BCUT2D eigenvalue weighted by molar-refractivity contribution is -0.149. The van der Waals surface area contributed by atoms with Crippen LogP contribution in [-0.2, 0) is 4.79 Å². The van der Waals surface area contributed by atoms with Gasteiger partial charge in [-0.2, -0.15) is 5.26 Å². The van der Waals surface area contributed by atoms with Gasteiger partial charge in [0.05, 0.1) is 17.0 Å². The van der Waals surface area contributed by atoms with E-state index in [4.69, 9.17) is 5.26 Å². The summed E-state index contributed by atoms with van der Waals surface area (Å²) in [5.41, 5.74) is 1.28. The molecule has 2 rings (SSSR count). The minimum Gasteiger partial charge on any atom is -0.481 e. The quantitative estimate of drug-likeness (QED) is 0.894. The van der Waals surface area contributed by atoms with E-state index in [0.717, 1.165) is 32.1 Å². The first kappa shape index (κ1) is 13.6. The molecule has 0 aromatic heterocycles. The molecule has 1 aromatic rings. The first-order chi connectivity index (χ1) is 9.11. The lowest BCUT2D eigenvalue weighted by Gasteiger charge is -2.23. The van der Waals surface area contributed by atoms with Crippen molar-refractivity contribution in [3.8, 4) is 6.07 Å². The van der Waals surface area contributed by atoms with Crippen LogP contribution in [-0.4, -0.2) is 11.1 Å². The first-order valence-electron chi connectivity index (χ1n) is 6.85. The number of benzene rings is 1. The normalized spacial score (nSPS) is 26.0. The molecule has 1 saturated carbocycles. The molecule has 2 atom stereocenters. The molecule has 1 aliphatic carbocycles. The molecule has 0 bridgehead atoms. The van der Waals surface area contributed by atoms with Crippen molar-refractivity contribution >= 4 is 5.97 Å². The molecule has 1 fully saturated rings. The summed E-state index contributed by atoms with van der Waals surface area (Å²) in [6.07, 6.45) is 4.09. The highest BCUT2D eigenvalue weighted by Gasteiger charge is 2.44. The summed E-state index contributed by atoms with van der Waals surface area (Å²) in [6, 6.07) is 9.67.